The Hall–Kier alpha value is -2.44. The number of fused-ring (bicyclic) bond motifs is 2. The maximum absolute atomic E-state index is 13.0. The third-order valence-electron chi connectivity index (χ3n) is 5.99. The van der Waals surface area contributed by atoms with E-state index in [-0.39, 0.29) is 22.3 Å². The second-order valence-electron chi connectivity index (χ2n) is 8.94. The largest absolute Gasteiger partial charge is 0.336 e. The fourth-order valence-corrected chi connectivity index (χ4v) is 4.45. The molecule has 1 fully saturated rings. The van der Waals surface area contributed by atoms with Crippen LogP contribution in [-0.4, -0.2) is 43.6 Å². The van der Waals surface area contributed by atoms with E-state index in [1.165, 1.54) is 0 Å². The number of nitrogens with zero attached hydrogens (tertiary/aromatic N) is 4. The zero-order valence-corrected chi connectivity index (χ0v) is 16.5. The van der Waals surface area contributed by atoms with Gasteiger partial charge in [-0.1, -0.05) is 20.8 Å². The van der Waals surface area contributed by atoms with Gasteiger partial charge in [0, 0.05) is 42.7 Å². The van der Waals surface area contributed by atoms with Gasteiger partial charge in [-0.05, 0) is 31.7 Å². The highest BCUT2D eigenvalue weighted by atomic mass is 16.2. The van der Waals surface area contributed by atoms with E-state index in [2.05, 4.69) is 30.9 Å². The molecule has 1 spiro atoms. The molecule has 0 aromatic carbocycles. The van der Waals surface area contributed by atoms with E-state index < -0.39 is 0 Å². The third-order valence-corrected chi connectivity index (χ3v) is 5.99. The lowest BCUT2D eigenvalue weighted by Crippen LogP contribution is -2.48. The molecule has 1 aliphatic carbocycles. The van der Waals surface area contributed by atoms with Crippen LogP contribution in [0.3, 0.4) is 0 Å². The standard InChI is InChI=1S/C20H27N5O2/c1-19(2,3)18-22-15-13(16(26)23-18)6-9-20(15)8-5-11-25(12-20)17(27)14-7-10-21-24(14)4/h7,10H,5-6,8-9,11-12H2,1-4H3,(H,22,23,26). The molecule has 0 saturated carbocycles. The predicted octanol–water partition coefficient (Wildman–Crippen LogP) is 1.92. The van der Waals surface area contributed by atoms with Crippen LogP contribution in [0.4, 0.5) is 0 Å². The molecule has 1 aliphatic heterocycles. The number of carbonyl (C=O) groups excluding carboxylic acids is 1. The van der Waals surface area contributed by atoms with E-state index in [4.69, 9.17) is 4.98 Å². The van der Waals surface area contributed by atoms with Crippen molar-refractivity contribution in [1.29, 1.82) is 0 Å². The first-order valence-corrected chi connectivity index (χ1v) is 9.63. The van der Waals surface area contributed by atoms with Crippen LogP contribution >= 0.6 is 0 Å². The zero-order valence-electron chi connectivity index (χ0n) is 16.5. The molecule has 2 aromatic heterocycles. The molecule has 4 rings (SSSR count). The summed E-state index contributed by atoms with van der Waals surface area (Å²) in [6.45, 7) is 7.51. The van der Waals surface area contributed by atoms with Crippen LogP contribution in [0.15, 0.2) is 17.1 Å². The highest BCUT2D eigenvalue weighted by Crippen LogP contribution is 2.43. The minimum Gasteiger partial charge on any atom is -0.336 e. The molecule has 7 heteroatoms. The van der Waals surface area contributed by atoms with Crippen LogP contribution in [0.5, 0.6) is 0 Å². The number of aryl methyl sites for hydroxylation is 1. The summed E-state index contributed by atoms with van der Waals surface area (Å²) in [6, 6.07) is 1.76. The topological polar surface area (TPSA) is 83.9 Å². The van der Waals surface area contributed by atoms with Crippen LogP contribution in [0, 0.1) is 0 Å². The Bertz CT molecular complexity index is 952. The number of hydrogen-bond donors (Lipinski definition) is 1. The van der Waals surface area contributed by atoms with Gasteiger partial charge in [-0.15, -0.1) is 0 Å². The summed E-state index contributed by atoms with van der Waals surface area (Å²) in [6.07, 6.45) is 5.14. The molecule has 0 bridgehead atoms. The lowest BCUT2D eigenvalue weighted by molar-refractivity contribution is 0.0622. The van der Waals surface area contributed by atoms with E-state index in [0.29, 0.717) is 12.2 Å². The summed E-state index contributed by atoms with van der Waals surface area (Å²) in [4.78, 5) is 35.5. The first-order valence-electron chi connectivity index (χ1n) is 9.63. The molecule has 1 unspecified atom stereocenters. The van der Waals surface area contributed by atoms with Crippen molar-refractivity contribution in [3.63, 3.8) is 0 Å². The predicted molar refractivity (Wildman–Crippen MR) is 102 cm³/mol. The van der Waals surface area contributed by atoms with E-state index in [1.54, 1.807) is 24.0 Å². The van der Waals surface area contributed by atoms with Gasteiger partial charge in [0.2, 0.25) is 0 Å². The van der Waals surface area contributed by atoms with Crippen molar-refractivity contribution in [2.45, 2.75) is 57.3 Å². The van der Waals surface area contributed by atoms with E-state index in [9.17, 15) is 9.59 Å². The summed E-state index contributed by atoms with van der Waals surface area (Å²) in [5.74, 6) is 0.728. The van der Waals surface area contributed by atoms with Gasteiger partial charge in [0.1, 0.15) is 11.5 Å². The quantitative estimate of drug-likeness (QED) is 0.832. The molecule has 1 N–H and O–H groups in total. The zero-order chi connectivity index (χ0) is 19.4. The van der Waals surface area contributed by atoms with Crippen LogP contribution < -0.4 is 5.56 Å². The number of carbonyl (C=O) groups is 1. The average Bonchev–Trinajstić information content (AvgIpc) is 3.18. The molecule has 3 heterocycles. The van der Waals surface area contributed by atoms with Gasteiger partial charge in [-0.25, -0.2) is 4.98 Å². The molecule has 144 valence electrons. The second-order valence-corrected chi connectivity index (χ2v) is 8.94. The third kappa shape index (κ3) is 2.89. The van der Waals surface area contributed by atoms with Crippen LogP contribution in [0.2, 0.25) is 0 Å². The summed E-state index contributed by atoms with van der Waals surface area (Å²) < 4.78 is 1.62. The van der Waals surface area contributed by atoms with Crippen LogP contribution in [-0.2, 0) is 24.3 Å². The Morgan fingerprint density at radius 2 is 2.07 bits per heavy atom. The smallest absolute Gasteiger partial charge is 0.272 e. The summed E-state index contributed by atoms with van der Waals surface area (Å²) in [7, 11) is 1.79. The highest BCUT2D eigenvalue weighted by Gasteiger charge is 2.46. The van der Waals surface area contributed by atoms with Gasteiger partial charge in [-0.2, -0.15) is 5.10 Å². The minimum atomic E-state index is -0.225. The molecule has 0 radical (unpaired) electrons. The lowest BCUT2D eigenvalue weighted by atomic mass is 9.77. The second kappa shape index (κ2) is 6.04. The van der Waals surface area contributed by atoms with Crippen LogP contribution in [0.25, 0.3) is 0 Å². The maximum Gasteiger partial charge on any atom is 0.272 e. The Kier molecular flexibility index (Phi) is 4.01. The molecule has 2 aliphatic rings. The molecule has 1 saturated heterocycles. The van der Waals surface area contributed by atoms with Gasteiger partial charge in [0.05, 0.1) is 5.69 Å². The lowest BCUT2D eigenvalue weighted by Gasteiger charge is -2.40. The van der Waals surface area contributed by atoms with Gasteiger partial charge in [-0.3, -0.25) is 14.3 Å². The average molecular weight is 369 g/mol. The van der Waals surface area contributed by atoms with Gasteiger partial charge < -0.3 is 9.88 Å². The van der Waals surface area contributed by atoms with E-state index in [0.717, 1.165) is 49.3 Å². The number of H-pyrrole nitrogens is 1. The number of aromatic amines is 1. The van der Waals surface area contributed by atoms with Crippen molar-refractivity contribution in [2.24, 2.45) is 7.05 Å². The maximum atomic E-state index is 13.0. The first kappa shape index (κ1) is 17.9. The number of likely N-dealkylation sites (tertiary alicyclic amines) is 1. The Morgan fingerprint density at radius 3 is 2.74 bits per heavy atom. The van der Waals surface area contributed by atoms with Gasteiger partial charge >= 0.3 is 0 Å². The van der Waals surface area contributed by atoms with Crippen molar-refractivity contribution in [3.05, 3.63) is 45.4 Å². The van der Waals surface area contributed by atoms with Crippen molar-refractivity contribution < 1.29 is 4.79 Å². The number of nitrogens with one attached hydrogen (secondary N) is 1. The van der Waals surface area contributed by atoms with Crippen molar-refractivity contribution >= 4 is 5.91 Å². The van der Waals surface area contributed by atoms with E-state index in [1.807, 2.05) is 4.90 Å². The first-order chi connectivity index (χ1) is 12.7. The van der Waals surface area contributed by atoms with Crippen molar-refractivity contribution in [3.8, 4) is 0 Å². The van der Waals surface area contributed by atoms with Crippen LogP contribution in [0.1, 0.15) is 67.6 Å². The molecular formula is C20H27N5O2. The number of aromatic nitrogens is 4. The number of rotatable bonds is 1. The number of amides is 1. The fraction of sp³-hybridized carbons (Fsp3) is 0.600. The summed E-state index contributed by atoms with van der Waals surface area (Å²) in [5.41, 5.74) is 1.86. The van der Waals surface area contributed by atoms with Crippen molar-refractivity contribution in [2.75, 3.05) is 13.1 Å². The Morgan fingerprint density at radius 1 is 1.30 bits per heavy atom. The molecule has 7 nitrogen and oxygen atoms in total. The molecule has 1 amide bonds. The summed E-state index contributed by atoms with van der Waals surface area (Å²) >= 11 is 0. The Labute approximate surface area is 158 Å². The Balaban J connectivity index is 1.72. The van der Waals surface area contributed by atoms with Crippen molar-refractivity contribution in [1.82, 2.24) is 24.6 Å². The van der Waals surface area contributed by atoms with Gasteiger partial charge in [0.15, 0.2) is 0 Å². The molecular weight excluding hydrogens is 342 g/mol. The summed E-state index contributed by atoms with van der Waals surface area (Å²) in [5, 5.41) is 4.12. The fourth-order valence-electron chi connectivity index (χ4n) is 4.45. The molecule has 1 atom stereocenters. The SMILES string of the molecule is Cn1nccc1C(=O)N1CCCC2(CCc3c2nc(C(C)(C)C)[nH]c3=O)C1. The molecule has 27 heavy (non-hydrogen) atoms. The highest BCUT2D eigenvalue weighted by molar-refractivity contribution is 5.92. The van der Waals surface area contributed by atoms with Gasteiger partial charge in [0.25, 0.3) is 11.5 Å². The monoisotopic (exact) mass is 369 g/mol. The minimum absolute atomic E-state index is 0.00316. The number of hydrogen-bond acceptors (Lipinski definition) is 4. The van der Waals surface area contributed by atoms with E-state index >= 15 is 0 Å². The molecule has 2 aromatic rings. The normalized spacial score (nSPS) is 22.3. The number of piperidine rings is 1.